The highest BCUT2D eigenvalue weighted by Crippen LogP contribution is 2.26. The summed E-state index contributed by atoms with van der Waals surface area (Å²) in [6.07, 6.45) is -0.327. The van der Waals surface area contributed by atoms with Crippen molar-refractivity contribution >= 4 is 0 Å². The fraction of sp³-hybridized carbons (Fsp3) is 0.300. The summed E-state index contributed by atoms with van der Waals surface area (Å²) in [6, 6.07) is 15.9. The predicted molar refractivity (Wildman–Crippen MR) is 97.2 cm³/mol. The summed E-state index contributed by atoms with van der Waals surface area (Å²) in [5.74, 6) is 2.24. The molecule has 1 heterocycles. The molecule has 5 heteroatoms. The van der Waals surface area contributed by atoms with Gasteiger partial charge >= 0.3 is 0 Å². The van der Waals surface area contributed by atoms with Gasteiger partial charge in [-0.25, -0.2) is 0 Å². The number of nitrogens with two attached hydrogens (primary N) is 1. The molecule has 0 spiro atoms. The molecule has 25 heavy (non-hydrogen) atoms. The molecule has 130 valence electrons. The van der Waals surface area contributed by atoms with Gasteiger partial charge in [-0.3, -0.25) is 0 Å². The van der Waals surface area contributed by atoms with Crippen LogP contribution in [0.2, 0.25) is 0 Å². The summed E-state index contributed by atoms with van der Waals surface area (Å²) < 4.78 is 11.3. The number of rotatable bonds is 6. The molecule has 1 unspecified atom stereocenters. The molecule has 1 aromatic heterocycles. The maximum absolute atomic E-state index is 5.96. The molecule has 2 N–H and O–H groups in total. The molecule has 3 rings (SSSR count). The van der Waals surface area contributed by atoms with Gasteiger partial charge in [-0.15, -0.1) is 0 Å². The zero-order valence-electron chi connectivity index (χ0n) is 14.8. The van der Waals surface area contributed by atoms with Crippen LogP contribution in [-0.4, -0.2) is 10.1 Å². The van der Waals surface area contributed by atoms with E-state index in [1.807, 2.05) is 49.4 Å². The molecular formula is C20H23N3O2. The topological polar surface area (TPSA) is 74.2 Å². The third-order valence-electron chi connectivity index (χ3n) is 4.07. The zero-order chi connectivity index (χ0) is 17.8. The van der Waals surface area contributed by atoms with Crippen LogP contribution in [0, 0.1) is 0 Å². The van der Waals surface area contributed by atoms with Crippen molar-refractivity contribution in [1.29, 1.82) is 0 Å². The minimum absolute atomic E-state index is 0.327. The molecule has 0 saturated heterocycles. The van der Waals surface area contributed by atoms with E-state index in [2.05, 4.69) is 30.1 Å². The highest BCUT2D eigenvalue weighted by Gasteiger charge is 2.17. The predicted octanol–water partition coefficient (Wildman–Crippen LogP) is 4.46. The van der Waals surface area contributed by atoms with Crippen LogP contribution in [0.15, 0.2) is 53.1 Å². The van der Waals surface area contributed by atoms with E-state index < -0.39 is 0 Å². The lowest BCUT2D eigenvalue weighted by Gasteiger charge is -2.13. The molecule has 1 atom stereocenters. The fourth-order valence-electron chi connectivity index (χ4n) is 2.51. The summed E-state index contributed by atoms with van der Waals surface area (Å²) in [5.41, 5.74) is 8.81. The van der Waals surface area contributed by atoms with Crippen molar-refractivity contribution < 1.29 is 9.26 Å². The van der Waals surface area contributed by atoms with Crippen LogP contribution in [0.3, 0.4) is 0 Å². The summed E-state index contributed by atoms with van der Waals surface area (Å²) in [7, 11) is 0. The Morgan fingerprint density at radius 2 is 1.84 bits per heavy atom. The smallest absolute Gasteiger partial charge is 0.267 e. The Morgan fingerprint density at radius 1 is 1.08 bits per heavy atom. The van der Waals surface area contributed by atoms with Gasteiger partial charge in [-0.1, -0.05) is 55.4 Å². The van der Waals surface area contributed by atoms with Crippen LogP contribution in [0.4, 0.5) is 0 Å². The molecule has 3 aromatic rings. The highest BCUT2D eigenvalue weighted by atomic mass is 16.5. The van der Waals surface area contributed by atoms with Crippen molar-refractivity contribution in [3.05, 3.63) is 65.5 Å². The Hall–Kier alpha value is -2.66. The van der Waals surface area contributed by atoms with E-state index in [0.717, 1.165) is 16.9 Å². The minimum Gasteiger partial charge on any atom is -0.481 e. The first-order valence-corrected chi connectivity index (χ1v) is 8.46. The zero-order valence-corrected chi connectivity index (χ0v) is 14.8. The summed E-state index contributed by atoms with van der Waals surface area (Å²) in [4.78, 5) is 4.46. The number of hydrogen-bond acceptors (Lipinski definition) is 5. The van der Waals surface area contributed by atoms with Crippen LogP contribution in [-0.2, 0) is 6.54 Å². The maximum atomic E-state index is 5.96. The molecule has 0 fully saturated rings. The number of nitrogens with zero attached hydrogens (tertiary/aromatic N) is 2. The standard InChI is InChI=1S/C20H23N3O2/c1-13(2)17-5-4-6-18(11-17)24-14(3)20-22-19(23-25-20)16-9-7-15(12-21)8-10-16/h4-11,13-14H,12,21H2,1-3H3. The Morgan fingerprint density at radius 3 is 2.52 bits per heavy atom. The SMILES string of the molecule is CC(C)c1cccc(OC(C)c2nc(-c3ccc(CN)cc3)no2)c1. The van der Waals surface area contributed by atoms with Gasteiger partial charge in [0, 0.05) is 12.1 Å². The molecule has 0 amide bonds. The van der Waals surface area contributed by atoms with Gasteiger partial charge in [0.1, 0.15) is 5.75 Å². The Bertz CT molecular complexity index is 825. The lowest BCUT2D eigenvalue weighted by Crippen LogP contribution is -2.04. The van der Waals surface area contributed by atoms with Gasteiger partial charge in [0.15, 0.2) is 6.10 Å². The minimum atomic E-state index is -0.327. The number of aromatic nitrogens is 2. The first-order chi connectivity index (χ1) is 12.1. The quantitative estimate of drug-likeness (QED) is 0.719. The highest BCUT2D eigenvalue weighted by molar-refractivity contribution is 5.54. The van der Waals surface area contributed by atoms with Gasteiger partial charge < -0.3 is 15.0 Å². The van der Waals surface area contributed by atoms with E-state index in [1.165, 1.54) is 5.56 Å². The summed E-state index contributed by atoms with van der Waals surface area (Å²) >= 11 is 0. The second-order valence-corrected chi connectivity index (χ2v) is 6.34. The van der Waals surface area contributed by atoms with E-state index in [-0.39, 0.29) is 6.10 Å². The first kappa shape index (κ1) is 17.2. The van der Waals surface area contributed by atoms with Crippen molar-refractivity contribution in [2.24, 2.45) is 5.73 Å². The lowest BCUT2D eigenvalue weighted by atomic mass is 10.0. The van der Waals surface area contributed by atoms with Crippen LogP contribution in [0.1, 0.15) is 49.8 Å². The van der Waals surface area contributed by atoms with Gasteiger partial charge in [-0.2, -0.15) is 4.98 Å². The summed E-state index contributed by atoms with van der Waals surface area (Å²) in [6.45, 7) is 6.72. The van der Waals surface area contributed by atoms with E-state index in [4.69, 9.17) is 15.0 Å². The normalized spacial score (nSPS) is 12.4. The van der Waals surface area contributed by atoms with Gasteiger partial charge in [0.25, 0.3) is 5.89 Å². The van der Waals surface area contributed by atoms with Crippen LogP contribution in [0.25, 0.3) is 11.4 Å². The largest absolute Gasteiger partial charge is 0.481 e. The molecule has 2 aromatic carbocycles. The van der Waals surface area contributed by atoms with Crippen LogP contribution < -0.4 is 10.5 Å². The Kier molecular flexibility index (Phi) is 5.14. The van der Waals surface area contributed by atoms with Gasteiger partial charge in [-0.05, 0) is 36.1 Å². The maximum Gasteiger partial charge on any atom is 0.267 e. The Labute approximate surface area is 147 Å². The van der Waals surface area contributed by atoms with E-state index >= 15 is 0 Å². The third-order valence-corrected chi connectivity index (χ3v) is 4.07. The molecule has 0 radical (unpaired) electrons. The second-order valence-electron chi connectivity index (χ2n) is 6.34. The number of ether oxygens (including phenoxy) is 1. The Balaban J connectivity index is 1.73. The van der Waals surface area contributed by atoms with Crippen LogP contribution >= 0.6 is 0 Å². The van der Waals surface area contributed by atoms with Crippen molar-refractivity contribution in [1.82, 2.24) is 10.1 Å². The third kappa shape index (κ3) is 4.06. The second kappa shape index (κ2) is 7.49. The van der Waals surface area contributed by atoms with Crippen molar-refractivity contribution in [3.63, 3.8) is 0 Å². The van der Waals surface area contributed by atoms with E-state index in [0.29, 0.717) is 24.2 Å². The molecule has 0 bridgehead atoms. The fourth-order valence-corrected chi connectivity index (χ4v) is 2.51. The molecular weight excluding hydrogens is 314 g/mol. The van der Waals surface area contributed by atoms with Gasteiger partial charge in [0.2, 0.25) is 5.82 Å². The van der Waals surface area contributed by atoms with Crippen molar-refractivity contribution in [2.75, 3.05) is 0 Å². The van der Waals surface area contributed by atoms with E-state index in [9.17, 15) is 0 Å². The number of benzene rings is 2. The molecule has 5 nitrogen and oxygen atoms in total. The van der Waals surface area contributed by atoms with Crippen molar-refractivity contribution in [2.45, 2.75) is 39.3 Å². The lowest BCUT2D eigenvalue weighted by molar-refractivity contribution is 0.175. The molecule has 0 saturated carbocycles. The molecule has 0 aliphatic rings. The van der Waals surface area contributed by atoms with Gasteiger partial charge in [0.05, 0.1) is 0 Å². The summed E-state index contributed by atoms with van der Waals surface area (Å²) in [5, 5.41) is 4.05. The number of hydrogen-bond donors (Lipinski definition) is 1. The van der Waals surface area contributed by atoms with E-state index in [1.54, 1.807) is 0 Å². The molecule has 0 aliphatic heterocycles. The average Bonchev–Trinajstić information content (AvgIpc) is 3.12. The van der Waals surface area contributed by atoms with Crippen molar-refractivity contribution in [3.8, 4) is 17.1 Å². The molecule has 0 aliphatic carbocycles. The monoisotopic (exact) mass is 337 g/mol. The average molecular weight is 337 g/mol. The first-order valence-electron chi connectivity index (χ1n) is 8.46. The van der Waals surface area contributed by atoms with Crippen LogP contribution in [0.5, 0.6) is 5.75 Å².